The van der Waals surface area contributed by atoms with Gasteiger partial charge in [0.1, 0.15) is 5.82 Å². The van der Waals surface area contributed by atoms with Gasteiger partial charge < -0.3 is 20.3 Å². The maximum Gasteiger partial charge on any atom is 0.319 e. The van der Waals surface area contributed by atoms with Crippen molar-refractivity contribution >= 4 is 11.9 Å². The molecular weight excluding hydrogens is 325 g/mol. The highest BCUT2D eigenvalue weighted by molar-refractivity contribution is 6.01. The van der Waals surface area contributed by atoms with Gasteiger partial charge in [-0.05, 0) is 26.3 Å². The summed E-state index contributed by atoms with van der Waals surface area (Å²) in [5.41, 5.74) is 1.25. The van der Waals surface area contributed by atoms with Gasteiger partial charge in [0.15, 0.2) is 0 Å². The van der Waals surface area contributed by atoms with Gasteiger partial charge in [0, 0.05) is 18.7 Å². The van der Waals surface area contributed by atoms with E-state index in [2.05, 4.69) is 10.6 Å². The second-order valence-corrected chi connectivity index (χ2v) is 6.45. The van der Waals surface area contributed by atoms with Crippen molar-refractivity contribution in [2.75, 3.05) is 19.7 Å². The minimum absolute atomic E-state index is 0.148. The highest BCUT2D eigenvalue weighted by atomic mass is 19.1. The molecule has 0 aromatic heterocycles. The molecule has 1 aromatic carbocycles. The Kier molecular flexibility index (Phi) is 5.03. The maximum absolute atomic E-state index is 14.2. The number of carbonyl (C=O) groups is 2. The summed E-state index contributed by atoms with van der Waals surface area (Å²) in [6.45, 7) is 5.34. The quantitative estimate of drug-likeness (QED) is 0.774. The molecule has 0 saturated heterocycles. The van der Waals surface area contributed by atoms with E-state index >= 15 is 0 Å². The van der Waals surface area contributed by atoms with Crippen molar-refractivity contribution in [2.24, 2.45) is 0 Å². The molecule has 134 valence electrons. The molecule has 0 radical (unpaired) electrons. The first-order valence-corrected chi connectivity index (χ1v) is 8.43. The summed E-state index contributed by atoms with van der Waals surface area (Å²) in [5, 5.41) is 5.34. The van der Waals surface area contributed by atoms with Crippen LogP contribution in [0.2, 0.25) is 0 Å². The van der Waals surface area contributed by atoms with Gasteiger partial charge in [-0.1, -0.05) is 18.2 Å². The monoisotopic (exact) mass is 347 g/mol. The van der Waals surface area contributed by atoms with E-state index in [1.165, 1.54) is 6.07 Å². The van der Waals surface area contributed by atoms with Gasteiger partial charge in [0.2, 0.25) is 0 Å². The van der Waals surface area contributed by atoms with Crippen molar-refractivity contribution in [3.63, 3.8) is 0 Å². The zero-order chi connectivity index (χ0) is 18.0. The molecule has 2 N–H and O–H groups in total. The van der Waals surface area contributed by atoms with E-state index in [0.29, 0.717) is 43.0 Å². The van der Waals surface area contributed by atoms with E-state index in [0.717, 1.165) is 0 Å². The predicted octanol–water partition coefficient (Wildman–Crippen LogP) is 2.09. The molecule has 1 atom stereocenters. The van der Waals surface area contributed by atoms with E-state index in [-0.39, 0.29) is 12.0 Å². The molecule has 0 aliphatic carbocycles. The zero-order valence-corrected chi connectivity index (χ0v) is 14.3. The lowest BCUT2D eigenvalue weighted by molar-refractivity contribution is -0.126. The average Bonchev–Trinajstić information content (AvgIpc) is 2.87. The van der Waals surface area contributed by atoms with E-state index in [9.17, 15) is 14.0 Å². The molecule has 0 saturated carbocycles. The van der Waals surface area contributed by atoms with Gasteiger partial charge >= 0.3 is 6.03 Å². The molecule has 25 heavy (non-hydrogen) atoms. The molecule has 2 aliphatic rings. The summed E-state index contributed by atoms with van der Waals surface area (Å²) in [6, 6.07) is 4.98. The van der Waals surface area contributed by atoms with Crippen molar-refractivity contribution in [3.05, 3.63) is 46.9 Å². The number of nitrogens with one attached hydrogen (secondary N) is 2. The van der Waals surface area contributed by atoms with Crippen LogP contribution in [0.4, 0.5) is 9.18 Å². The Morgan fingerprint density at radius 1 is 1.32 bits per heavy atom. The van der Waals surface area contributed by atoms with Crippen molar-refractivity contribution in [3.8, 4) is 0 Å². The predicted molar refractivity (Wildman–Crippen MR) is 90.1 cm³/mol. The molecular formula is C18H22FN3O3. The number of urea groups is 1. The summed E-state index contributed by atoms with van der Waals surface area (Å²) in [7, 11) is 0. The summed E-state index contributed by atoms with van der Waals surface area (Å²) >= 11 is 0. The van der Waals surface area contributed by atoms with Gasteiger partial charge in [0.25, 0.3) is 5.91 Å². The minimum Gasteiger partial charge on any atom is -0.379 e. The smallest absolute Gasteiger partial charge is 0.319 e. The molecule has 3 rings (SSSR count). The van der Waals surface area contributed by atoms with Crippen LogP contribution in [0.25, 0.3) is 0 Å². The summed E-state index contributed by atoms with van der Waals surface area (Å²) in [4.78, 5) is 26.4. The Morgan fingerprint density at radius 2 is 2.08 bits per heavy atom. The molecule has 7 heteroatoms. The largest absolute Gasteiger partial charge is 0.379 e. The fourth-order valence-corrected chi connectivity index (χ4v) is 3.13. The molecule has 0 bridgehead atoms. The van der Waals surface area contributed by atoms with Gasteiger partial charge in [-0.25, -0.2) is 9.18 Å². The van der Waals surface area contributed by atoms with E-state index in [1.807, 2.05) is 13.8 Å². The zero-order valence-electron chi connectivity index (χ0n) is 14.3. The highest BCUT2D eigenvalue weighted by Crippen LogP contribution is 2.33. The van der Waals surface area contributed by atoms with Gasteiger partial charge in [-0.3, -0.25) is 4.79 Å². The molecule has 0 fully saturated rings. The van der Waals surface area contributed by atoms with Gasteiger partial charge in [-0.2, -0.15) is 0 Å². The van der Waals surface area contributed by atoms with Crippen LogP contribution < -0.4 is 10.6 Å². The molecule has 1 aromatic rings. The first-order valence-electron chi connectivity index (χ1n) is 8.43. The third-order valence-electron chi connectivity index (χ3n) is 4.26. The number of hydrogen-bond acceptors (Lipinski definition) is 3. The van der Waals surface area contributed by atoms with E-state index in [1.54, 1.807) is 23.1 Å². The second kappa shape index (κ2) is 7.23. The number of hydrogen-bond donors (Lipinski definition) is 2. The molecule has 6 nitrogen and oxygen atoms in total. The van der Waals surface area contributed by atoms with Crippen LogP contribution in [-0.2, 0) is 9.53 Å². The normalized spacial score (nSPS) is 20.0. The lowest BCUT2D eigenvalue weighted by atomic mass is 9.96. The van der Waals surface area contributed by atoms with Crippen LogP contribution in [0.3, 0.4) is 0 Å². The van der Waals surface area contributed by atoms with Crippen LogP contribution in [0.15, 0.2) is 35.5 Å². The van der Waals surface area contributed by atoms with E-state index < -0.39 is 17.9 Å². The highest BCUT2D eigenvalue weighted by Gasteiger charge is 2.40. The number of ether oxygens (including phenoxy) is 1. The average molecular weight is 347 g/mol. The molecule has 0 spiro atoms. The summed E-state index contributed by atoms with van der Waals surface area (Å²) in [6.07, 6.45) is 0.852. The Labute approximate surface area is 146 Å². The Morgan fingerprint density at radius 3 is 2.80 bits per heavy atom. The number of carbonyl (C=O) groups excluding carboxylic acids is 2. The topological polar surface area (TPSA) is 70.7 Å². The molecule has 3 amide bonds. The first-order chi connectivity index (χ1) is 12.0. The van der Waals surface area contributed by atoms with Crippen molar-refractivity contribution < 1.29 is 18.7 Å². The Balaban J connectivity index is 1.76. The Bertz CT molecular complexity index is 717. The van der Waals surface area contributed by atoms with Crippen LogP contribution in [0, 0.1) is 5.82 Å². The molecule has 1 unspecified atom stereocenters. The van der Waals surface area contributed by atoms with Crippen molar-refractivity contribution in [1.29, 1.82) is 0 Å². The van der Waals surface area contributed by atoms with Crippen molar-refractivity contribution in [1.82, 2.24) is 15.5 Å². The molecule has 2 heterocycles. The second-order valence-electron chi connectivity index (χ2n) is 6.45. The minimum atomic E-state index is -0.769. The van der Waals surface area contributed by atoms with Crippen LogP contribution in [-0.4, -0.2) is 42.6 Å². The fraction of sp³-hybridized carbons (Fsp3) is 0.444. The van der Waals surface area contributed by atoms with Crippen LogP contribution >= 0.6 is 0 Å². The standard InChI is InChI=1S/C18H22FN3O3/c1-11(2)25-9-5-8-22-10-14-15(17(22)23)16(21-18(24)20-14)12-6-3-4-7-13(12)19/h3-4,6-7,11,16H,5,8-10H2,1-2H3,(H2,20,21,24). The van der Waals surface area contributed by atoms with Crippen molar-refractivity contribution in [2.45, 2.75) is 32.4 Å². The summed E-state index contributed by atoms with van der Waals surface area (Å²) in [5.74, 6) is -0.626. The van der Waals surface area contributed by atoms with Gasteiger partial charge in [0.05, 0.1) is 30.0 Å². The lowest BCUT2D eigenvalue weighted by Gasteiger charge is -2.25. The van der Waals surface area contributed by atoms with E-state index in [4.69, 9.17) is 4.74 Å². The number of benzene rings is 1. The summed E-state index contributed by atoms with van der Waals surface area (Å²) < 4.78 is 19.7. The van der Waals surface area contributed by atoms with Crippen LogP contribution in [0.5, 0.6) is 0 Å². The number of nitrogens with zero attached hydrogens (tertiary/aromatic N) is 1. The lowest BCUT2D eigenvalue weighted by Crippen LogP contribution is -2.44. The number of rotatable bonds is 6. The fourth-order valence-electron chi connectivity index (χ4n) is 3.13. The van der Waals surface area contributed by atoms with Gasteiger partial charge in [-0.15, -0.1) is 0 Å². The maximum atomic E-state index is 14.2. The SMILES string of the molecule is CC(C)OCCCN1CC2=C(C1=O)C(c1ccccc1F)NC(=O)N2. The third-order valence-corrected chi connectivity index (χ3v) is 4.26. The van der Waals surface area contributed by atoms with Crippen LogP contribution in [0.1, 0.15) is 31.9 Å². The molecule has 2 aliphatic heterocycles. The number of halogens is 1. The number of amides is 3. The third kappa shape index (κ3) is 3.66. The first kappa shape index (κ1) is 17.4. The Hall–Kier alpha value is -2.41.